The van der Waals surface area contributed by atoms with E-state index in [1.54, 1.807) is 25.1 Å². The third kappa shape index (κ3) is 3.57. The van der Waals surface area contributed by atoms with E-state index in [9.17, 15) is 8.42 Å². The molecule has 0 aromatic heterocycles. The maximum absolute atomic E-state index is 11.9. The van der Waals surface area contributed by atoms with Gasteiger partial charge in [0.25, 0.3) is 0 Å². The lowest BCUT2D eigenvalue weighted by Crippen LogP contribution is -2.25. The second-order valence-electron chi connectivity index (χ2n) is 3.66. The van der Waals surface area contributed by atoms with Gasteiger partial charge < -0.3 is 0 Å². The summed E-state index contributed by atoms with van der Waals surface area (Å²) in [5, 5.41) is 0. The van der Waals surface area contributed by atoms with Crippen LogP contribution in [0.4, 0.5) is 0 Å². The number of hydrogen-bond donors (Lipinski definition) is 1. The van der Waals surface area contributed by atoms with Gasteiger partial charge >= 0.3 is 0 Å². The molecular formula is C11H16BrNO2S. The summed E-state index contributed by atoms with van der Waals surface area (Å²) < 4.78 is 27.3. The van der Waals surface area contributed by atoms with Gasteiger partial charge in [-0.25, -0.2) is 13.1 Å². The highest BCUT2D eigenvalue weighted by atomic mass is 79.9. The van der Waals surface area contributed by atoms with Gasteiger partial charge in [0.05, 0.1) is 4.90 Å². The van der Waals surface area contributed by atoms with Crippen molar-refractivity contribution < 1.29 is 8.42 Å². The van der Waals surface area contributed by atoms with E-state index in [-0.39, 0.29) is 0 Å². The van der Waals surface area contributed by atoms with Crippen LogP contribution in [0, 0.1) is 6.92 Å². The Labute approximate surface area is 105 Å². The quantitative estimate of drug-likeness (QED) is 0.850. The van der Waals surface area contributed by atoms with E-state index in [4.69, 9.17) is 0 Å². The van der Waals surface area contributed by atoms with Gasteiger partial charge in [0, 0.05) is 11.0 Å². The van der Waals surface area contributed by atoms with Crippen LogP contribution in [0.3, 0.4) is 0 Å². The van der Waals surface area contributed by atoms with Crippen molar-refractivity contribution in [1.29, 1.82) is 0 Å². The van der Waals surface area contributed by atoms with Crippen LogP contribution < -0.4 is 4.72 Å². The lowest BCUT2D eigenvalue weighted by atomic mass is 10.2. The molecule has 0 fully saturated rings. The van der Waals surface area contributed by atoms with Crippen molar-refractivity contribution in [3.63, 3.8) is 0 Å². The zero-order valence-corrected chi connectivity index (χ0v) is 11.9. The van der Waals surface area contributed by atoms with E-state index in [1.165, 1.54) is 0 Å². The van der Waals surface area contributed by atoms with E-state index in [0.717, 1.165) is 22.9 Å². The molecule has 0 aliphatic carbocycles. The zero-order chi connectivity index (χ0) is 12.2. The molecule has 0 heterocycles. The summed E-state index contributed by atoms with van der Waals surface area (Å²) >= 11 is 3.31. The first-order valence-electron chi connectivity index (χ1n) is 5.23. The summed E-state index contributed by atoms with van der Waals surface area (Å²) in [5.74, 6) is 0. The van der Waals surface area contributed by atoms with Crippen LogP contribution in [-0.4, -0.2) is 15.0 Å². The number of hydrogen-bond acceptors (Lipinski definition) is 2. The van der Waals surface area contributed by atoms with Crippen molar-refractivity contribution in [2.45, 2.75) is 31.6 Å². The van der Waals surface area contributed by atoms with E-state index >= 15 is 0 Å². The third-order valence-electron chi connectivity index (χ3n) is 2.25. The molecule has 1 aromatic rings. The van der Waals surface area contributed by atoms with Gasteiger partial charge in [0.1, 0.15) is 0 Å². The molecule has 90 valence electrons. The summed E-state index contributed by atoms with van der Waals surface area (Å²) in [6.07, 6.45) is 1.83. The minimum atomic E-state index is -3.35. The molecule has 1 rings (SSSR count). The topological polar surface area (TPSA) is 46.2 Å². The van der Waals surface area contributed by atoms with Crippen LogP contribution in [0.25, 0.3) is 0 Å². The van der Waals surface area contributed by atoms with Gasteiger partial charge in [-0.3, -0.25) is 0 Å². The fourth-order valence-corrected chi connectivity index (χ4v) is 3.15. The summed E-state index contributed by atoms with van der Waals surface area (Å²) in [5.41, 5.74) is 0.748. The normalized spacial score (nSPS) is 11.7. The number of halogens is 1. The SMILES string of the molecule is CCCCNS(=O)(=O)c1ccc(Br)cc1C. The predicted octanol–water partition coefficient (Wildman–Crippen LogP) is 2.84. The molecule has 0 aliphatic heterocycles. The van der Waals surface area contributed by atoms with Crippen molar-refractivity contribution in [1.82, 2.24) is 4.72 Å². The van der Waals surface area contributed by atoms with E-state index in [0.29, 0.717) is 11.4 Å². The Balaban J connectivity index is 2.90. The second-order valence-corrected chi connectivity index (χ2v) is 6.31. The van der Waals surface area contributed by atoms with Crippen molar-refractivity contribution in [2.75, 3.05) is 6.54 Å². The molecule has 0 saturated heterocycles. The molecule has 0 unspecified atom stereocenters. The Kier molecular flexibility index (Phi) is 4.95. The number of benzene rings is 1. The highest BCUT2D eigenvalue weighted by molar-refractivity contribution is 9.10. The molecular weight excluding hydrogens is 290 g/mol. The highest BCUT2D eigenvalue weighted by Crippen LogP contribution is 2.19. The molecule has 0 aliphatic rings. The van der Waals surface area contributed by atoms with Crippen LogP contribution in [-0.2, 0) is 10.0 Å². The lowest BCUT2D eigenvalue weighted by molar-refractivity contribution is 0.578. The van der Waals surface area contributed by atoms with E-state index in [1.807, 2.05) is 6.92 Å². The van der Waals surface area contributed by atoms with Crippen LogP contribution >= 0.6 is 15.9 Å². The van der Waals surface area contributed by atoms with E-state index in [2.05, 4.69) is 20.7 Å². The van der Waals surface area contributed by atoms with Crippen molar-refractivity contribution >= 4 is 26.0 Å². The second kappa shape index (κ2) is 5.80. The number of unbranched alkanes of at least 4 members (excludes halogenated alkanes) is 1. The standard InChI is InChI=1S/C11H16BrNO2S/c1-3-4-7-13-16(14,15)11-6-5-10(12)8-9(11)2/h5-6,8,13H,3-4,7H2,1-2H3. The zero-order valence-electron chi connectivity index (χ0n) is 9.46. The smallest absolute Gasteiger partial charge is 0.211 e. The first-order chi connectivity index (χ1) is 7.47. The predicted molar refractivity (Wildman–Crippen MR) is 69.0 cm³/mol. The third-order valence-corrected chi connectivity index (χ3v) is 4.36. The monoisotopic (exact) mass is 305 g/mol. The average molecular weight is 306 g/mol. The Bertz CT molecular complexity index is 457. The summed E-state index contributed by atoms with van der Waals surface area (Å²) in [6, 6.07) is 5.16. The Morgan fingerprint density at radius 2 is 2.06 bits per heavy atom. The molecule has 0 spiro atoms. The van der Waals surface area contributed by atoms with Crippen molar-refractivity contribution in [3.05, 3.63) is 28.2 Å². The van der Waals surface area contributed by atoms with Crippen LogP contribution in [0.15, 0.2) is 27.6 Å². The molecule has 0 saturated carbocycles. The van der Waals surface area contributed by atoms with Crippen LogP contribution in [0.1, 0.15) is 25.3 Å². The molecule has 0 amide bonds. The highest BCUT2D eigenvalue weighted by Gasteiger charge is 2.15. The number of sulfonamides is 1. The summed E-state index contributed by atoms with van der Waals surface area (Å²) in [4.78, 5) is 0.354. The van der Waals surface area contributed by atoms with Gasteiger partial charge in [-0.15, -0.1) is 0 Å². The van der Waals surface area contributed by atoms with Gasteiger partial charge in [0.15, 0.2) is 0 Å². The van der Waals surface area contributed by atoms with Gasteiger partial charge in [0.2, 0.25) is 10.0 Å². The number of rotatable bonds is 5. The average Bonchev–Trinajstić information content (AvgIpc) is 2.17. The molecule has 16 heavy (non-hydrogen) atoms. The minimum Gasteiger partial charge on any atom is -0.211 e. The first kappa shape index (κ1) is 13.7. The number of aryl methyl sites for hydroxylation is 1. The minimum absolute atomic E-state index is 0.354. The first-order valence-corrected chi connectivity index (χ1v) is 7.51. The van der Waals surface area contributed by atoms with Crippen molar-refractivity contribution in [3.8, 4) is 0 Å². The fourth-order valence-electron chi connectivity index (χ4n) is 1.38. The Morgan fingerprint density at radius 3 is 2.62 bits per heavy atom. The Hall–Kier alpha value is -0.390. The molecule has 0 atom stereocenters. The van der Waals surface area contributed by atoms with Crippen molar-refractivity contribution in [2.24, 2.45) is 0 Å². The van der Waals surface area contributed by atoms with Crippen LogP contribution in [0.5, 0.6) is 0 Å². The van der Waals surface area contributed by atoms with E-state index < -0.39 is 10.0 Å². The fraction of sp³-hybridized carbons (Fsp3) is 0.455. The largest absolute Gasteiger partial charge is 0.240 e. The summed E-state index contributed by atoms with van der Waals surface area (Å²) in [6.45, 7) is 4.31. The molecule has 1 N–H and O–H groups in total. The Morgan fingerprint density at radius 1 is 1.38 bits per heavy atom. The van der Waals surface area contributed by atoms with Gasteiger partial charge in [-0.1, -0.05) is 29.3 Å². The molecule has 3 nitrogen and oxygen atoms in total. The van der Waals surface area contributed by atoms with Crippen LogP contribution in [0.2, 0.25) is 0 Å². The maximum atomic E-state index is 11.9. The number of nitrogens with one attached hydrogen (secondary N) is 1. The van der Waals surface area contributed by atoms with Gasteiger partial charge in [-0.2, -0.15) is 0 Å². The maximum Gasteiger partial charge on any atom is 0.240 e. The molecule has 0 radical (unpaired) electrons. The van der Waals surface area contributed by atoms with Gasteiger partial charge in [-0.05, 0) is 37.1 Å². The molecule has 5 heteroatoms. The molecule has 1 aromatic carbocycles. The summed E-state index contributed by atoms with van der Waals surface area (Å²) in [7, 11) is -3.35. The molecule has 0 bridgehead atoms. The lowest BCUT2D eigenvalue weighted by Gasteiger charge is -2.09.